The first-order valence-corrected chi connectivity index (χ1v) is 38.9. The zero-order valence-electron chi connectivity index (χ0n) is 63.2. The van der Waals surface area contributed by atoms with Gasteiger partial charge in [-0.2, -0.15) is 0 Å². The number of pyridine rings is 8. The SMILES string of the molecule is CCc1cc[n+](C)c(-c2cc3c(cc2C)-c2cccnc2C32CCCC2)c1.Cc1cc2c(cc1-c1cccc[n+]1C)C1(CCCC1)c1ncccc1-2.Cc1cc[n+](C)c(-c2cc3c(cc2C)-c2cccnc2C32CCCC2)c1.Cc1cc[n+](C)c(-c2cc3c(cc2C)-c2cccnc2C32CCCC2)c1. The van der Waals surface area contributed by atoms with Crippen molar-refractivity contribution in [3.63, 3.8) is 0 Å². The van der Waals surface area contributed by atoms with E-state index < -0.39 is 0 Å². The molecule has 8 nitrogen and oxygen atoms in total. The Morgan fingerprint density at radius 3 is 0.875 bits per heavy atom. The normalized spacial score (nSPS) is 16.7. The third-order valence-corrected chi connectivity index (χ3v) is 25.9. The minimum Gasteiger partial charge on any atom is -0.260 e. The van der Waals surface area contributed by atoms with Crippen molar-refractivity contribution in [1.82, 2.24) is 19.9 Å². The molecule has 20 rings (SSSR count). The molecule has 0 radical (unpaired) electrons. The highest BCUT2D eigenvalue weighted by atomic mass is 14.9. The van der Waals surface area contributed by atoms with E-state index in [0.29, 0.717) is 0 Å². The minimum absolute atomic E-state index is 0.134. The zero-order valence-corrected chi connectivity index (χ0v) is 63.2. The topological polar surface area (TPSA) is 67.1 Å². The largest absolute Gasteiger partial charge is 0.260 e. The maximum Gasteiger partial charge on any atom is 0.212 e. The third kappa shape index (κ3) is 10.8. The van der Waals surface area contributed by atoms with Gasteiger partial charge in [-0.05, 0) is 237 Å². The Morgan fingerprint density at radius 1 is 0.279 bits per heavy atom. The van der Waals surface area contributed by atoms with E-state index >= 15 is 0 Å². The molecule has 0 aliphatic heterocycles. The van der Waals surface area contributed by atoms with Crippen LogP contribution in [-0.2, 0) is 56.3 Å². The Kier molecular flexibility index (Phi) is 17.0. The third-order valence-electron chi connectivity index (χ3n) is 25.9. The Bertz CT molecular complexity index is 5250. The Morgan fingerprint density at radius 2 is 0.567 bits per heavy atom. The van der Waals surface area contributed by atoms with E-state index in [-0.39, 0.29) is 21.7 Å². The van der Waals surface area contributed by atoms with Gasteiger partial charge in [0.15, 0.2) is 24.8 Å². The van der Waals surface area contributed by atoms with Crippen LogP contribution in [-0.4, -0.2) is 19.9 Å². The summed E-state index contributed by atoms with van der Waals surface area (Å²) in [5.74, 6) is 0. The molecule has 520 valence electrons. The molecule has 4 aromatic carbocycles. The molecule has 4 fully saturated rings. The molecule has 0 atom stereocenters. The van der Waals surface area contributed by atoms with Gasteiger partial charge in [0.1, 0.15) is 28.2 Å². The summed E-state index contributed by atoms with van der Waals surface area (Å²) in [6.45, 7) is 15.5. The van der Waals surface area contributed by atoms with Crippen LogP contribution in [0.25, 0.3) is 89.5 Å². The predicted molar refractivity (Wildman–Crippen MR) is 420 cm³/mol. The Hall–Kier alpha value is -9.92. The molecular weight excluding hydrogens is 1270 g/mol. The molecular formula is C96H100N8+4. The van der Waals surface area contributed by atoms with E-state index in [4.69, 9.17) is 19.9 Å². The molecule has 4 saturated carbocycles. The smallest absolute Gasteiger partial charge is 0.212 e. The Labute approximate surface area is 616 Å². The summed E-state index contributed by atoms with van der Waals surface area (Å²) < 4.78 is 8.96. The van der Waals surface area contributed by atoms with Gasteiger partial charge < -0.3 is 0 Å². The second kappa shape index (κ2) is 26.3. The fourth-order valence-corrected chi connectivity index (χ4v) is 20.7. The molecule has 104 heavy (non-hydrogen) atoms. The molecule has 8 heterocycles. The summed E-state index contributed by atoms with van der Waals surface area (Å²) in [7, 11) is 8.57. The number of fused-ring (bicyclic) bond motifs is 20. The van der Waals surface area contributed by atoms with Gasteiger partial charge >= 0.3 is 0 Å². The van der Waals surface area contributed by atoms with E-state index in [2.05, 4.69) is 271 Å². The van der Waals surface area contributed by atoms with Crippen LogP contribution in [0.15, 0.2) is 201 Å². The van der Waals surface area contributed by atoms with E-state index in [1.807, 2.05) is 24.8 Å². The van der Waals surface area contributed by atoms with Crippen LogP contribution >= 0.6 is 0 Å². The monoisotopic (exact) mass is 1360 g/mol. The first-order chi connectivity index (χ1) is 50.5. The van der Waals surface area contributed by atoms with E-state index in [0.717, 1.165) is 6.42 Å². The lowest BCUT2D eigenvalue weighted by molar-refractivity contribution is -0.660. The van der Waals surface area contributed by atoms with Crippen LogP contribution in [0.1, 0.15) is 194 Å². The minimum atomic E-state index is 0.134. The number of hydrogen-bond donors (Lipinski definition) is 0. The Balaban J connectivity index is 0.000000103. The quantitative estimate of drug-likeness (QED) is 0.161. The number of benzene rings is 4. The van der Waals surface area contributed by atoms with Crippen molar-refractivity contribution < 1.29 is 18.3 Å². The summed E-state index contributed by atoms with van der Waals surface area (Å²) in [5, 5.41) is 0. The van der Waals surface area contributed by atoms with Crippen molar-refractivity contribution in [1.29, 1.82) is 0 Å². The fourth-order valence-electron chi connectivity index (χ4n) is 20.7. The molecule has 8 aromatic heterocycles. The van der Waals surface area contributed by atoms with Gasteiger partial charge in [0.25, 0.3) is 0 Å². The van der Waals surface area contributed by atoms with Crippen LogP contribution in [0.4, 0.5) is 0 Å². The summed E-state index contributed by atoms with van der Waals surface area (Å²) in [4.78, 5) is 19.5. The van der Waals surface area contributed by atoms with E-state index in [1.165, 1.54) is 276 Å². The zero-order chi connectivity index (χ0) is 71.4. The average molecular weight is 1370 g/mol. The molecule has 12 aromatic rings. The number of rotatable bonds is 5. The highest BCUT2D eigenvalue weighted by molar-refractivity contribution is 5.88. The van der Waals surface area contributed by atoms with Crippen molar-refractivity contribution in [3.05, 3.63) is 285 Å². The molecule has 4 spiro atoms. The van der Waals surface area contributed by atoms with Gasteiger partial charge in [-0.3, -0.25) is 19.9 Å². The number of nitrogens with zero attached hydrogens (tertiary/aromatic N) is 8. The number of hydrogen-bond acceptors (Lipinski definition) is 4. The molecule has 8 aliphatic rings. The highest BCUT2D eigenvalue weighted by Gasteiger charge is 2.51. The standard InChI is InChI=1S/C25H27N2.2C24H25N2.C23H23N2/c1-4-18-9-13-27(3)23(15-18)20-16-22-21(14-17(20)2)19-8-7-12-26-24(19)25(22)10-5-6-11-25;2*1-16-8-12-26(3)22(13-16)19-15-21-20(14-17(19)2)18-7-6-11-25-23(18)24(21)9-4-5-10-24;1-16-14-19-17-8-7-12-24-22(17)23(10-4-5-11-23)20(19)15-18(16)21-9-3-6-13-25(21)2/h7-9,12-16H,4-6,10-11H2,1-3H3;2*6-8,11-15H,4-5,9-10H2,1-3H3;3,6-9,12-15H,4-5,10-11H2,1-2H3/q4*+1. The lowest BCUT2D eigenvalue weighted by atomic mass is 9.78. The molecule has 0 bridgehead atoms. The van der Waals surface area contributed by atoms with Crippen molar-refractivity contribution in [2.45, 2.75) is 179 Å². The average Bonchev–Trinajstić information content (AvgIpc) is 1.58. The maximum atomic E-state index is 4.88. The first kappa shape index (κ1) is 67.3. The second-order valence-electron chi connectivity index (χ2n) is 32.1. The molecule has 0 N–H and O–H groups in total. The maximum absolute atomic E-state index is 4.88. The van der Waals surface area contributed by atoms with Crippen LogP contribution in [0.5, 0.6) is 0 Å². The van der Waals surface area contributed by atoms with Gasteiger partial charge in [-0.1, -0.05) is 107 Å². The van der Waals surface area contributed by atoms with Gasteiger partial charge in [0.05, 0.1) is 22.8 Å². The second-order valence-corrected chi connectivity index (χ2v) is 32.1. The van der Waals surface area contributed by atoms with Gasteiger partial charge in [-0.15, -0.1) is 0 Å². The van der Waals surface area contributed by atoms with Crippen LogP contribution in [0.3, 0.4) is 0 Å². The summed E-state index contributed by atoms with van der Waals surface area (Å²) >= 11 is 0. The summed E-state index contributed by atoms with van der Waals surface area (Å²) in [5.41, 5.74) is 42.9. The highest BCUT2D eigenvalue weighted by Crippen LogP contribution is 2.61. The van der Waals surface area contributed by atoms with Crippen molar-refractivity contribution in [2.75, 3.05) is 0 Å². The van der Waals surface area contributed by atoms with E-state index in [1.54, 1.807) is 0 Å². The molecule has 0 unspecified atom stereocenters. The molecule has 0 amide bonds. The first-order valence-electron chi connectivity index (χ1n) is 38.9. The van der Waals surface area contributed by atoms with Crippen LogP contribution < -0.4 is 18.3 Å². The summed E-state index contributed by atoms with van der Waals surface area (Å²) in [6, 6.07) is 56.9. The molecule has 8 aliphatic carbocycles. The van der Waals surface area contributed by atoms with Crippen LogP contribution in [0.2, 0.25) is 0 Å². The summed E-state index contributed by atoms with van der Waals surface area (Å²) in [6.07, 6.45) is 37.9. The van der Waals surface area contributed by atoms with Crippen LogP contribution in [0, 0.1) is 41.5 Å². The van der Waals surface area contributed by atoms with Crippen molar-refractivity contribution in [3.8, 4) is 89.5 Å². The number of aryl methyl sites for hydroxylation is 11. The lowest BCUT2D eigenvalue weighted by Gasteiger charge is -2.25. The predicted octanol–water partition coefficient (Wildman–Crippen LogP) is 20.1. The fraction of sp³-hybridized carbons (Fsp3) is 0.333. The molecule has 0 saturated heterocycles. The van der Waals surface area contributed by atoms with E-state index in [9.17, 15) is 0 Å². The molecule has 8 heteroatoms. The van der Waals surface area contributed by atoms with Crippen molar-refractivity contribution >= 4 is 0 Å². The number of aromatic nitrogens is 8. The van der Waals surface area contributed by atoms with Gasteiger partial charge in [-0.25, -0.2) is 18.3 Å². The lowest BCUT2D eigenvalue weighted by Crippen LogP contribution is -2.31. The van der Waals surface area contributed by atoms with Gasteiger partial charge in [0, 0.05) is 139 Å². The van der Waals surface area contributed by atoms with Gasteiger partial charge in [0.2, 0.25) is 22.8 Å². The van der Waals surface area contributed by atoms with Crippen molar-refractivity contribution in [2.24, 2.45) is 28.2 Å².